The lowest BCUT2D eigenvalue weighted by molar-refractivity contribution is -0.129. The standard InChI is InChI=1S/C15H27Cl2NO6/c1-3-4-18(15(19)14(16)17)5-6-21-9-10-22-11-12-24-13-23-8-7-20-2/h3,14H,1,4-13H2,2H3. The Morgan fingerprint density at radius 3 is 2.08 bits per heavy atom. The molecule has 0 rings (SSSR count). The van der Waals surface area contributed by atoms with Gasteiger partial charge in [0, 0.05) is 20.2 Å². The molecule has 7 nitrogen and oxygen atoms in total. The van der Waals surface area contributed by atoms with E-state index in [1.54, 1.807) is 13.2 Å². The molecule has 0 aromatic carbocycles. The van der Waals surface area contributed by atoms with Crippen LogP contribution in [0.1, 0.15) is 0 Å². The topological polar surface area (TPSA) is 66.5 Å². The highest BCUT2D eigenvalue weighted by Gasteiger charge is 2.18. The van der Waals surface area contributed by atoms with Gasteiger partial charge in [-0.15, -0.1) is 6.58 Å². The molecule has 0 N–H and O–H groups in total. The second-order valence-corrected chi connectivity index (χ2v) is 5.62. The van der Waals surface area contributed by atoms with Crippen molar-refractivity contribution in [2.24, 2.45) is 0 Å². The fourth-order valence-corrected chi connectivity index (χ4v) is 1.79. The van der Waals surface area contributed by atoms with E-state index < -0.39 is 4.84 Å². The third-order valence-electron chi connectivity index (χ3n) is 2.70. The molecule has 0 spiro atoms. The summed E-state index contributed by atoms with van der Waals surface area (Å²) < 4.78 is 25.9. The van der Waals surface area contributed by atoms with Gasteiger partial charge < -0.3 is 28.6 Å². The van der Waals surface area contributed by atoms with Crippen LogP contribution >= 0.6 is 23.2 Å². The van der Waals surface area contributed by atoms with Crippen molar-refractivity contribution < 1.29 is 28.5 Å². The molecule has 0 heterocycles. The Labute approximate surface area is 153 Å². The lowest BCUT2D eigenvalue weighted by Gasteiger charge is -2.21. The average molecular weight is 388 g/mol. The number of halogens is 2. The van der Waals surface area contributed by atoms with Crippen LogP contribution in [0.15, 0.2) is 12.7 Å². The molecule has 142 valence electrons. The maximum atomic E-state index is 11.7. The third kappa shape index (κ3) is 14.0. The van der Waals surface area contributed by atoms with Crippen molar-refractivity contribution in [3.8, 4) is 0 Å². The molecule has 0 aromatic heterocycles. The van der Waals surface area contributed by atoms with Gasteiger partial charge >= 0.3 is 0 Å². The minimum atomic E-state index is -1.08. The maximum absolute atomic E-state index is 11.7. The first-order valence-corrected chi connectivity index (χ1v) is 8.48. The Balaban J connectivity index is 3.43. The van der Waals surface area contributed by atoms with Gasteiger partial charge in [-0.1, -0.05) is 29.3 Å². The van der Waals surface area contributed by atoms with Crippen molar-refractivity contribution in [3.63, 3.8) is 0 Å². The second-order valence-electron chi connectivity index (χ2n) is 4.53. The molecule has 0 aliphatic heterocycles. The van der Waals surface area contributed by atoms with Crippen molar-refractivity contribution in [3.05, 3.63) is 12.7 Å². The van der Waals surface area contributed by atoms with Crippen LogP contribution in [-0.2, 0) is 28.5 Å². The zero-order valence-electron chi connectivity index (χ0n) is 14.1. The van der Waals surface area contributed by atoms with Crippen LogP contribution in [0.3, 0.4) is 0 Å². The fraction of sp³-hybridized carbons (Fsp3) is 0.800. The van der Waals surface area contributed by atoms with Crippen LogP contribution < -0.4 is 0 Å². The lowest BCUT2D eigenvalue weighted by Crippen LogP contribution is -2.37. The fourth-order valence-electron chi connectivity index (χ4n) is 1.52. The van der Waals surface area contributed by atoms with E-state index >= 15 is 0 Å². The first kappa shape index (κ1) is 23.6. The first-order valence-electron chi connectivity index (χ1n) is 7.61. The Bertz CT molecular complexity index is 320. The van der Waals surface area contributed by atoms with Gasteiger partial charge in [-0.3, -0.25) is 4.79 Å². The Morgan fingerprint density at radius 1 is 1.00 bits per heavy atom. The molecule has 0 aromatic rings. The molecule has 24 heavy (non-hydrogen) atoms. The van der Waals surface area contributed by atoms with Crippen molar-refractivity contribution in [1.29, 1.82) is 0 Å². The molecule has 0 radical (unpaired) electrons. The van der Waals surface area contributed by atoms with Crippen LogP contribution in [-0.4, -0.2) is 88.9 Å². The average Bonchev–Trinajstić information content (AvgIpc) is 2.57. The van der Waals surface area contributed by atoms with Crippen molar-refractivity contribution in [2.45, 2.75) is 4.84 Å². The molecule has 0 aliphatic carbocycles. The number of carbonyl (C=O) groups is 1. The lowest BCUT2D eigenvalue weighted by atomic mass is 10.4. The molecule has 0 unspecified atom stereocenters. The molecule has 0 atom stereocenters. The number of alkyl halides is 2. The van der Waals surface area contributed by atoms with E-state index in [0.717, 1.165) is 0 Å². The summed E-state index contributed by atoms with van der Waals surface area (Å²) >= 11 is 11.1. The van der Waals surface area contributed by atoms with E-state index in [9.17, 15) is 4.79 Å². The molecule has 0 saturated heterocycles. The van der Waals surface area contributed by atoms with Crippen molar-refractivity contribution in [2.75, 3.05) is 73.2 Å². The summed E-state index contributed by atoms with van der Waals surface area (Å²) in [6, 6.07) is 0. The molecular weight excluding hydrogens is 361 g/mol. The number of amides is 1. The zero-order chi connectivity index (χ0) is 18.0. The van der Waals surface area contributed by atoms with Gasteiger partial charge in [-0.25, -0.2) is 0 Å². The van der Waals surface area contributed by atoms with E-state index in [-0.39, 0.29) is 12.7 Å². The van der Waals surface area contributed by atoms with Crippen LogP contribution in [0.2, 0.25) is 0 Å². The number of hydrogen-bond acceptors (Lipinski definition) is 6. The van der Waals surface area contributed by atoms with E-state index in [2.05, 4.69) is 6.58 Å². The van der Waals surface area contributed by atoms with E-state index in [0.29, 0.717) is 59.3 Å². The minimum absolute atomic E-state index is 0.221. The maximum Gasteiger partial charge on any atom is 0.256 e. The molecule has 9 heteroatoms. The summed E-state index contributed by atoms with van der Waals surface area (Å²) in [5, 5.41) is 0. The van der Waals surface area contributed by atoms with E-state index in [1.807, 2.05) is 0 Å². The molecule has 1 amide bonds. The Hall–Kier alpha value is -0.410. The summed E-state index contributed by atoms with van der Waals surface area (Å²) in [6.07, 6.45) is 1.61. The second kappa shape index (κ2) is 17.4. The molecule has 0 aliphatic rings. The van der Waals surface area contributed by atoms with Crippen LogP contribution in [0.4, 0.5) is 0 Å². The van der Waals surface area contributed by atoms with Crippen molar-refractivity contribution in [1.82, 2.24) is 4.90 Å². The summed E-state index contributed by atoms with van der Waals surface area (Å²) in [5.41, 5.74) is 0. The smallest absolute Gasteiger partial charge is 0.256 e. The van der Waals surface area contributed by atoms with Crippen LogP contribution in [0.5, 0.6) is 0 Å². The van der Waals surface area contributed by atoms with Crippen LogP contribution in [0.25, 0.3) is 0 Å². The molecule has 0 saturated carbocycles. The predicted molar refractivity (Wildman–Crippen MR) is 92.6 cm³/mol. The Morgan fingerprint density at radius 2 is 1.54 bits per heavy atom. The highest BCUT2D eigenvalue weighted by atomic mass is 35.5. The van der Waals surface area contributed by atoms with Gasteiger partial charge in [0.1, 0.15) is 6.79 Å². The van der Waals surface area contributed by atoms with Crippen LogP contribution in [0, 0.1) is 0 Å². The summed E-state index contributed by atoms with van der Waals surface area (Å²) in [5.74, 6) is -0.358. The monoisotopic (exact) mass is 387 g/mol. The third-order valence-corrected chi connectivity index (χ3v) is 3.07. The van der Waals surface area contributed by atoms with Gasteiger partial charge in [0.25, 0.3) is 5.91 Å². The highest BCUT2D eigenvalue weighted by Crippen LogP contribution is 2.07. The quantitative estimate of drug-likeness (QED) is 0.163. The number of hydrogen-bond donors (Lipinski definition) is 0. The van der Waals surface area contributed by atoms with Gasteiger partial charge in [0.2, 0.25) is 0 Å². The Kier molecular flexibility index (Phi) is 17.1. The molecule has 0 bridgehead atoms. The van der Waals surface area contributed by atoms with Gasteiger partial charge in [-0.2, -0.15) is 0 Å². The van der Waals surface area contributed by atoms with Gasteiger partial charge in [0.05, 0.1) is 46.2 Å². The SMILES string of the molecule is C=CCN(CCOCCOCCOCOCCOC)C(=O)C(Cl)Cl. The number of carbonyl (C=O) groups excluding carboxylic acids is 1. The summed E-state index contributed by atoms with van der Waals surface area (Å²) in [6.45, 7) is 7.76. The van der Waals surface area contributed by atoms with Gasteiger partial charge in [0.15, 0.2) is 4.84 Å². The number of methoxy groups -OCH3 is 1. The van der Waals surface area contributed by atoms with E-state index in [1.165, 1.54) is 4.90 Å². The number of ether oxygens (including phenoxy) is 5. The normalized spacial score (nSPS) is 11.0. The largest absolute Gasteiger partial charge is 0.382 e. The summed E-state index contributed by atoms with van der Waals surface area (Å²) in [4.78, 5) is 12.1. The number of nitrogens with zero attached hydrogens (tertiary/aromatic N) is 1. The first-order chi connectivity index (χ1) is 11.6. The predicted octanol–water partition coefficient (Wildman–Crippen LogP) is 1.48. The minimum Gasteiger partial charge on any atom is -0.382 e. The number of rotatable bonds is 17. The molecule has 0 fully saturated rings. The summed E-state index contributed by atoms with van der Waals surface area (Å²) in [7, 11) is 1.61. The molecular formula is C15H27Cl2NO6. The van der Waals surface area contributed by atoms with Gasteiger partial charge in [-0.05, 0) is 0 Å². The highest BCUT2D eigenvalue weighted by molar-refractivity contribution is 6.53. The zero-order valence-corrected chi connectivity index (χ0v) is 15.6. The van der Waals surface area contributed by atoms with E-state index in [4.69, 9.17) is 46.9 Å². The van der Waals surface area contributed by atoms with Crippen molar-refractivity contribution >= 4 is 29.1 Å².